The summed E-state index contributed by atoms with van der Waals surface area (Å²) in [6.07, 6.45) is -1.04. The first kappa shape index (κ1) is 24.1. The van der Waals surface area contributed by atoms with Crippen molar-refractivity contribution in [3.63, 3.8) is 0 Å². The molecule has 168 valence electrons. The van der Waals surface area contributed by atoms with Crippen molar-refractivity contribution in [2.75, 3.05) is 39.5 Å². The largest absolute Gasteiger partial charge is 0.444 e. The van der Waals surface area contributed by atoms with E-state index in [1.54, 1.807) is 4.90 Å². The van der Waals surface area contributed by atoms with E-state index in [9.17, 15) is 4.79 Å². The Hall–Kier alpha value is -2.16. The third kappa shape index (κ3) is 6.97. The van der Waals surface area contributed by atoms with Gasteiger partial charge in [-0.1, -0.05) is 0 Å². The summed E-state index contributed by atoms with van der Waals surface area (Å²) in [6.45, 7) is 9.05. The highest BCUT2D eigenvalue weighted by atomic mass is 35.5. The van der Waals surface area contributed by atoms with E-state index in [-0.39, 0.29) is 36.7 Å². The van der Waals surface area contributed by atoms with E-state index in [0.717, 1.165) is 13.2 Å². The Labute approximate surface area is 180 Å². The maximum Gasteiger partial charge on any atom is 0.410 e. The van der Waals surface area contributed by atoms with E-state index in [1.807, 2.05) is 20.8 Å². The van der Waals surface area contributed by atoms with Gasteiger partial charge in [-0.05, 0) is 41.7 Å². The standard InChI is InChI=1S/C10H17N5O3.C5H9N5O.ClH/c1-10(2,3)18-9(16)15-4-5-17-6-7(15)8-11-13-14-12-8;1-2-11-3-4(6-1)5-7-9-10-8-5;/h7-8H,4-6H2,1-3H3;4-6H,1-3H2;1H. The van der Waals surface area contributed by atoms with Crippen molar-refractivity contribution in [2.24, 2.45) is 41.4 Å². The quantitative estimate of drug-likeness (QED) is 0.687. The number of amides is 1. The summed E-state index contributed by atoms with van der Waals surface area (Å²) in [5, 5.41) is 32.3. The number of carbonyl (C=O) groups excluding carboxylic acids is 1. The van der Waals surface area contributed by atoms with Crippen LogP contribution in [-0.4, -0.2) is 80.5 Å². The number of rotatable bonds is 2. The van der Waals surface area contributed by atoms with Crippen LogP contribution in [0.5, 0.6) is 0 Å². The van der Waals surface area contributed by atoms with Crippen LogP contribution in [0.15, 0.2) is 41.4 Å². The lowest BCUT2D eigenvalue weighted by molar-refractivity contribution is -0.0372. The van der Waals surface area contributed by atoms with Crippen LogP contribution in [-0.2, 0) is 14.2 Å². The molecule has 4 rings (SSSR count). The maximum atomic E-state index is 12.1. The second kappa shape index (κ2) is 11.3. The van der Waals surface area contributed by atoms with Gasteiger partial charge < -0.3 is 19.5 Å². The van der Waals surface area contributed by atoms with Crippen molar-refractivity contribution in [1.82, 2.24) is 10.2 Å². The minimum atomic E-state index is -0.529. The molecule has 0 spiro atoms. The van der Waals surface area contributed by atoms with Crippen LogP contribution in [0.4, 0.5) is 4.79 Å². The summed E-state index contributed by atoms with van der Waals surface area (Å²) in [5.41, 5.74) is -0.529. The van der Waals surface area contributed by atoms with Crippen molar-refractivity contribution in [3.05, 3.63) is 0 Å². The molecule has 2 saturated heterocycles. The second-order valence-corrected chi connectivity index (χ2v) is 7.60. The predicted octanol–water partition coefficient (Wildman–Crippen LogP) is 2.34. The van der Waals surface area contributed by atoms with Gasteiger partial charge in [-0.15, -0.1) is 32.9 Å². The fraction of sp³-hybridized carbons (Fsp3) is 0.933. The molecular formula is C15H27ClN10O4. The SMILES string of the molecule is C1COCC(C2N=NN=N2)N1.CC(C)(C)OC(=O)N1CCOCC1C1N=NN=N1.Cl. The molecule has 0 aromatic carbocycles. The van der Waals surface area contributed by atoms with Crippen LogP contribution in [0.25, 0.3) is 0 Å². The smallest absolute Gasteiger partial charge is 0.410 e. The number of halogens is 1. The molecule has 4 aliphatic rings. The summed E-state index contributed by atoms with van der Waals surface area (Å²) >= 11 is 0. The Morgan fingerprint density at radius 3 is 2.13 bits per heavy atom. The van der Waals surface area contributed by atoms with Crippen molar-refractivity contribution < 1.29 is 19.0 Å². The highest BCUT2D eigenvalue weighted by Crippen LogP contribution is 2.21. The van der Waals surface area contributed by atoms with E-state index in [1.165, 1.54) is 0 Å². The number of nitrogens with zero attached hydrogens (tertiary/aromatic N) is 9. The van der Waals surface area contributed by atoms with E-state index in [4.69, 9.17) is 14.2 Å². The average Bonchev–Trinajstić information content (AvgIpc) is 3.42. The van der Waals surface area contributed by atoms with Crippen LogP contribution in [0.3, 0.4) is 0 Å². The predicted molar refractivity (Wildman–Crippen MR) is 104 cm³/mol. The first-order valence-electron chi connectivity index (χ1n) is 9.42. The highest BCUT2D eigenvalue weighted by molar-refractivity contribution is 5.85. The van der Waals surface area contributed by atoms with Gasteiger partial charge in [0.05, 0.1) is 32.5 Å². The first-order chi connectivity index (χ1) is 13.9. The molecule has 1 N–H and O–H groups in total. The summed E-state index contributed by atoms with van der Waals surface area (Å²) in [7, 11) is 0. The Bertz CT molecular complexity index is 653. The zero-order valence-electron chi connectivity index (χ0n) is 17.1. The van der Waals surface area contributed by atoms with E-state index in [2.05, 4.69) is 46.7 Å². The van der Waals surface area contributed by atoms with Gasteiger partial charge in [0.25, 0.3) is 0 Å². The molecule has 15 heteroatoms. The number of nitrogens with one attached hydrogen (secondary N) is 1. The van der Waals surface area contributed by atoms with Crippen LogP contribution in [0.2, 0.25) is 0 Å². The molecule has 4 aliphatic heterocycles. The third-order valence-electron chi connectivity index (χ3n) is 4.21. The van der Waals surface area contributed by atoms with Gasteiger partial charge >= 0.3 is 6.09 Å². The third-order valence-corrected chi connectivity index (χ3v) is 4.21. The van der Waals surface area contributed by atoms with Gasteiger partial charge in [0.15, 0.2) is 0 Å². The number of ether oxygens (including phenoxy) is 3. The molecule has 30 heavy (non-hydrogen) atoms. The molecule has 1 amide bonds. The van der Waals surface area contributed by atoms with Gasteiger partial charge in [0.2, 0.25) is 12.3 Å². The lowest BCUT2D eigenvalue weighted by Crippen LogP contribution is -2.54. The second-order valence-electron chi connectivity index (χ2n) is 7.60. The molecule has 14 nitrogen and oxygen atoms in total. The molecule has 2 atom stereocenters. The summed E-state index contributed by atoms with van der Waals surface area (Å²) < 4.78 is 15.9. The van der Waals surface area contributed by atoms with E-state index >= 15 is 0 Å². The molecule has 0 aliphatic carbocycles. The Morgan fingerprint density at radius 1 is 0.967 bits per heavy atom. The number of hydrogen-bond donors (Lipinski definition) is 1. The van der Waals surface area contributed by atoms with Gasteiger partial charge in [0.1, 0.15) is 11.6 Å². The Balaban J connectivity index is 0.000000229. The van der Waals surface area contributed by atoms with Crippen molar-refractivity contribution in [2.45, 2.75) is 50.8 Å². The van der Waals surface area contributed by atoms with Crippen molar-refractivity contribution in [3.8, 4) is 0 Å². The summed E-state index contributed by atoms with van der Waals surface area (Å²) in [5.74, 6) is 0. The van der Waals surface area contributed by atoms with Crippen LogP contribution in [0.1, 0.15) is 20.8 Å². The molecule has 4 heterocycles. The highest BCUT2D eigenvalue weighted by Gasteiger charge is 2.37. The van der Waals surface area contributed by atoms with Crippen LogP contribution < -0.4 is 5.32 Å². The lowest BCUT2D eigenvalue weighted by atomic mass is 10.2. The Kier molecular flexibility index (Phi) is 9.08. The minimum absolute atomic E-state index is 0. The van der Waals surface area contributed by atoms with Crippen molar-refractivity contribution in [1.29, 1.82) is 0 Å². The van der Waals surface area contributed by atoms with Gasteiger partial charge in [-0.3, -0.25) is 4.90 Å². The van der Waals surface area contributed by atoms with E-state index < -0.39 is 11.8 Å². The topological polar surface area (TPSA) is 159 Å². The molecule has 0 aromatic heterocycles. The number of hydrogen-bond acceptors (Lipinski definition) is 13. The fourth-order valence-electron chi connectivity index (χ4n) is 2.86. The van der Waals surface area contributed by atoms with Crippen LogP contribution >= 0.6 is 12.4 Å². The molecule has 0 aromatic rings. The summed E-state index contributed by atoms with van der Waals surface area (Å²) in [6, 6.07) is -0.151. The van der Waals surface area contributed by atoms with Gasteiger partial charge in [0, 0.05) is 13.1 Å². The fourth-order valence-corrected chi connectivity index (χ4v) is 2.86. The maximum absolute atomic E-state index is 12.1. The molecule has 2 fully saturated rings. The average molecular weight is 447 g/mol. The van der Waals surface area contributed by atoms with Crippen molar-refractivity contribution >= 4 is 18.5 Å². The summed E-state index contributed by atoms with van der Waals surface area (Å²) in [4.78, 5) is 13.7. The molecule has 0 radical (unpaired) electrons. The van der Waals surface area contributed by atoms with Crippen LogP contribution in [0, 0.1) is 0 Å². The van der Waals surface area contributed by atoms with E-state index in [0.29, 0.717) is 26.4 Å². The number of morpholine rings is 2. The molecule has 0 saturated carbocycles. The lowest BCUT2D eigenvalue weighted by Gasteiger charge is -2.36. The monoisotopic (exact) mass is 446 g/mol. The minimum Gasteiger partial charge on any atom is -0.444 e. The van der Waals surface area contributed by atoms with Gasteiger partial charge in [-0.2, -0.15) is 0 Å². The molecule has 0 bridgehead atoms. The zero-order valence-corrected chi connectivity index (χ0v) is 17.9. The Morgan fingerprint density at radius 2 is 1.57 bits per heavy atom. The first-order valence-corrected chi connectivity index (χ1v) is 9.42. The number of carbonyl (C=O) groups is 1. The normalized spacial score (nSPS) is 26.3. The molecule has 2 unspecified atom stereocenters. The molecular weight excluding hydrogens is 420 g/mol. The van der Waals surface area contributed by atoms with Gasteiger partial charge in [-0.25, -0.2) is 4.79 Å². The zero-order chi connectivity index (χ0) is 20.7.